The molecule has 186 valence electrons. The molecule has 4 heterocycles. The van der Waals surface area contributed by atoms with Crippen LogP contribution < -0.4 is 11.1 Å². The number of nitrogens with two attached hydrogens (primary N) is 1. The van der Waals surface area contributed by atoms with Crippen molar-refractivity contribution < 1.29 is 4.79 Å². The van der Waals surface area contributed by atoms with Gasteiger partial charge in [-0.15, -0.1) is 0 Å². The van der Waals surface area contributed by atoms with Gasteiger partial charge >= 0.3 is 0 Å². The number of aryl methyl sites for hydroxylation is 1. The molecule has 38 heavy (non-hydrogen) atoms. The minimum Gasteiger partial charge on any atom is -0.382 e. The summed E-state index contributed by atoms with van der Waals surface area (Å²) in [5.41, 5.74) is 10.9. The van der Waals surface area contributed by atoms with Crippen LogP contribution in [0.5, 0.6) is 0 Å². The highest BCUT2D eigenvalue weighted by molar-refractivity contribution is 5.98. The van der Waals surface area contributed by atoms with E-state index in [0.29, 0.717) is 11.5 Å². The van der Waals surface area contributed by atoms with Crippen molar-refractivity contribution in [3.05, 3.63) is 102 Å². The zero-order valence-electron chi connectivity index (χ0n) is 20.7. The number of hydrogen-bond acceptors (Lipinski definition) is 6. The molecular weight excluding hydrogens is 478 g/mol. The Morgan fingerprint density at radius 2 is 1.84 bits per heavy atom. The second-order valence-electron chi connectivity index (χ2n) is 8.80. The first-order valence-electron chi connectivity index (χ1n) is 12.0. The molecule has 4 aromatic heterocycles. The molecule has 1 unspecified atom stereocenters. The molecule has 0 radical (unpaired) electrons. The van der Waals surface area contributed by atoms with Crippen molar-refractivity contribution in [1.29, 1.82) is 0 Å². The molecule has 0 fully saturated rings. The Bertz CT molecular complexity index is 1870. The largest absolute Gasteiger partial charge is 0.382 e. The van der Waals surface area contributed by atoms with Gasteiger partial charge in [-0.05, 0) is 43.3 Å². The van der Waals surface area contributed by atoms with Gasteiger partial charge in [0.25, 0.3) is 5.91 Å². The third-order valence-corrected chi connectivity index (χ3v) is 6.13. The molecule has 0 aliphatic rings. The van der Waals surface area contributed by atoms with Crippen LogP contribution in [0.1, 0.15) is 40.4 Å². The van der Waals surface area contributed by atoms with Crippen LogP contribution in [-0.4, -0.2) is 39.8 Å². The van der Waals surface area contributed by atoms with Gasteiger partial charge in [0.2, 0.25) is 0 Å². The van der Waals surface area contributed by atoms with Crippen LogP contribution in [0, 0.1) is 11.8 Å². The summed E-state index contributed by atoms with van der Waals surface area (Å²) < 4.78 is 5.18. The normalized spacial score (nSPS) is 11.8. The minimum atomic E-state index is -0.483. The van der Waals surface area contributed by atoms with Gasteiger partial charge in [-0.2, -0.15) is 10.2 Å². The zero-order chi connectivity index (χ0) is 26.2. The molecule has 6 rings (SSSR count). The maximum Gasteiger partial charge on any atom is 0.274 e. The smallest absolute Gasteiger partial charge is 0.274 e. The van der Waals surface area contributed by atoms with Crippen molar-refractivity contribution in [3.8, 4) is 17.5 Å². The monoisotopic (exact) mass is 501 g/mol. The first-order chi connectivity index (χ1) is 18.5. The van der Waals surface area contributed by atoms with E-state index < -0.39 is 11.9 Å². The number of amides is 1. The van der Waals surface area contributed by atoms with Crippen LogP contribution in [-0.2, 0) is 7.05 Å². The summed E-state index contributed by atoms with van der Waals surface area (Å²) in [4.78, 5) is 22.5. The molecule has 6 aromatic rings. The van der Waals surface area contributed by atoms with Crippen LogP contribution in [0.15, 0.2) is 79.3 Å². The third-order valence-electron chi connectivity index (χ3n) is 6.13. The third kappa shape index (κ3) is 4.02. The number of anilines is 1. The van der Waals surface area contributed by atoms with Crippen molar-refractivity contribution >= 4 is 28.4 Å². The number of fused-ring (bicyclic) bond motifs is 2. The number of carbonyl (C=O) groups is 1. The lowest BCUT2D eigenvalue weighted by Gasteiger charge is -2.17. The van der Waals surface area contributed by atoms with Gasteiger partial charge in [-0.3, -0.25) is 14.0 Å². The summed E-state index contributed by atoms with van der Waals surface area (Å²) in [7, 11) is 1.86. The second kappa shape index (κ2) is 9.22. The standard InChI is InChI=1S/C28H23N9O/c1-18(32-28(38)25-26(29)34-23-12-7-15-30-37(23)25)27-33-22-11-6-8-20(14-13-19-16-31-35(2)17-19)24(22)36(27)21-9-4-3-5-10-21/h3-12,15-18H,29H2,1-2H3,(H,32,38). The van der Waals surface area contributed by atoms with E-state index in [4.69, 9.17) is 10.7 Å². The number of aromatic nitrogens is 7. The maximum absolute atomic E-state index is 13.4. The van der Waals surface area contributed by atoms with E-state index in [9.17, 15) is 4.79 Å². The van der Waals surface area contributed by atoms with Gasteiger partial charge in [0, 0.05) is 25.1 Å². The predicted octanol–water partition coefficient (Wildman–Crippen LogP) is 3.27. The van der Waals surface area contributed by atoms with Crippen molar-refractivity contribution in [2.75, 3.05) is 5.73 Å². The highest BCUT2D eigenvalue weighted by Crippen LogP contribution is 2.28. The lowest BCUT2D eigenvalue weighted by molar-refractivity contribution is 0.0932. The summed E-state index contributed by atoms with van der Waals surface area (Å²) in [6.07, 6.45) is 5.17. The van der Waals surface area contributed by atoms with Crippen LogP contribution >= 0.6 is 0 Å². The number of nitrogens with one attached hydrogen (secondary N) is 1. The predicted molar refractivity (Wildman–Crippen MR) is 144 cm³/mol. The van der Waals surface area contributed by atoms with Crippen LogP contribution in [0.2, 0.25) is 0 Å². The molecular formula is C28H23N9O. The van der Waals surface area contributed by atoms with Gasteiger partial charge in [0.1, 0.15) is 5.82 Å². The van der Waals surface area contributed by atoms with Crippen molar-refractivity contribution in [2.45, 2.75) is 13.0 Å². The Kier molecular flexibility index (Phi) is 5.58. The van der Waals surface area contributed by atoms with Gasteiger partial charge < -0.3 is 11.1 Å². The highest BCUT2D eigenvalue weighted by Gasteiger charge is 2.24. The number of nitrogen functional groups attached to an aromatic ring is 1. The minimum absolute atomic E-state index is 0.109. The molecule has 0 bridgehead atoms. The first kappa shape index (κ1) is 23.0. The first-order valence-corrected chi connectivity index (χ1v) is 12.0. The Morgan fingerprint density at radius 3 is 2.63 bits per heavy atom. The molecule has 0 saturated carbocycles. The topological polar surface area (TPSA) is 121 Å². The fourth-order valence-electron chi connectivity index (χ4n) is 4.45. The fourth-order valence-corrected chi connectivity index (χ4v) is 4.45. The fraction of sp³-hybridized carbons (Fsp3) is 0.107. The number of para-hydroxylation sites is 2. The molecule has 0 aliphatic carbocycles. The number of hydrogen-bond donors (Lipinski definition) is 2. The summed E-state index contributed by atoms with van der Waals surface area (Å²) in [6.45, 7) is 1.88. The molecule has 1 atom stereocenters. The molecule has 0 spiro atoms. The van der Waals surface area contributed by atoms with Crippen molar-refractivity contribution in [1.82, 2.24) is 39.2 Å². The second-order valence-corrected chi connectivity index (χ2v) is 8.80. The average Bonchev–Trinajstić information content (AvgIpc) is 3.62. The molecule has 10 heteroatoms. The Balaban J connectivity index is 1.45. The molecule has 1 amide bonds. The van der Waals surface area contributed by atoms with E-state index in [1.54, 1.807) is 29.2 Å². The number of nitrogens with zero attached hydrogens (tertiary/aromatic N) is 7. The average molecular weight is 502 g/mol. The molecule has 3 N–H and O–H groups in total. The number of rotatable bonds is 4. The highest BCUT2D eigenvalue weighted by atomic mass is 16.2. The Morgan fingerprint density at radius 1 is 1.00 bits per heavy atom. The van der Waals surface area contributed by atoms with Gasteiger partial charge in [0.15, 0.2) is 17.2 Å². The maximum atomic E-state index is 13.4. The van der Waals surface area contributed by atoms with Crippen LogP contribution in [0.4, 0.5) is 5.82 Å². The summed E-state index contributed by atoms with van der Waals surface area (Å²) in [5.74, 6) is 6.83. The van der Waals surface area contributed by atoms with Crippen molar-refractivity contribution in [2.24, 2.45) is 7.05 Å². The van der Waals surface area contributed by atoms with E-state index in [1.807, 2.05) is 73.3 Å². The van der Waals surface area contributed by atoms with Gasteiger partial charge in [-0.25, -0.2) is 14.5 Å². The Labute approximate surface area is 217 Å². The quantitative estimate of drug-likeness (QED) is 0.358. The lowest BCUT2D eigenvalue weighted by Crippen LogP contribution is -2.30. The van der Waals surface area contributed by atoms with Gasteiger partial charge in [0.05, 0.1) is 34.4 Å². The van der Waals surface area contributed by atoms with Gasteiger partial charge in [-0.1, -0.05) is 36.1 Å². The van der Waals surface area contributed by atoms with Crippen LogP contribution in [0.25, 0.3) is 22.4 Å². The van der Waals surface area contributed by atoms with E-state index in [2.05, 4.69) is 32.3 Å². The number of benzene rings is 2. The number of imidazole rings is 2. The van der Waals surface area contributed by atoms with E-state index >= 15 is 0 Å². The molecule has 10 nitrogen and oxygen atoms in total. The zero-order valence-corrected chi connectivity index (χ0v) is 20.7. The number of carbonyl (C=O) groups excluding carboxylic acids is 1. The lowest BCUT2D eigenvalue weighted by atomic mass is 10.1. The molecule has 2 aromatic carbocycles. The van der Waals surface area contributed by atoms with Crippen molar-refractivity contribution in [3.63, 3.8) is 0 Å². The SMILES string of the molecule is CC(NC(=O)c1c(N)nc2cccnn12)c1nc2cccc(C#Cc3cnn(C)c3)c2n1-c1ccccc1. The van der Waals surface area contributed by atoms with E-state index in [1.165, 1.54) is 4.52 Å². The summed E-state index contributed by atoms with van der Waals surface area (Å²) in [6, 6.07) is 18.7. The molecule has 0 aliphatic heterocycles. The van der Waals surface area contributed by atoms with Crippen LogP contribution in [0.3, 0.4) is 0 Å². The van der Waals surface area contributed by atoms with E-state index in [-0.39, 0.29) is 11.5 Å². The summed E-state index contributed by atoms with van der Waals surface area (Å²) >= 11 is 0. The van der Waals surface area contributed by atoms with E-state index in [0.717, 1.165) is 27.8 Å². The molecule has 0 saturated heterocycles. The summed E-state index contributed by atoms with van der Waals surface area (Å²) in [5, 5.41) is 11.5. The Hall–Kier alpha value is -5.43.